The molecule has 0 aliphatic carbocycles. The van der Waals surface area contributed by atoms with Crippen molar-refractivity contribution in [3.05, 3.63) is 53.3 Å². The van der Waals surface area contributed by atoms with Gasteiger partial charge in [-0.15, -0.1) is 11.8 Å². The number of nitrogens with two attached hydrogens (primary N) is 1. The molecule has 0 saturated carbocycles. The first kappa shape index (κ1) is 18.4. The summed E-state index contributed by atoms with van der Waals surface area (Å²) in [7, 11) is 0. The molecule has 2 nitrogen and oxygen atoms in total. The number of halogens is 4. The molecular weight excluding hydrogens is 342 g/mol. The van der Waals surface area contributed by atoms with Gasteiger partial charge in [-0.05, 0) is 42.3 Å². The Kier molecular flexibility index (Phi) is 5.99. The van der Waals surface area contributed by atoms with Crippen LogP contribution < -0.4 is 10.5 Å². The van der Waals surface area contributed by atoms with E-state index >= 15 is 0 Å². The van der Waals surface area contributed by atoms with Crippen LogP contribution in [0.15, 0.2) is 41.3 Å². The number of hydrogen-bond donors (Lipinski definition) is 1. The first-order valence-corrected chi connectivity index (χ1v) is 8.20. The third kappa shape index (κ3) is 5.63. The van der Waals surface area contributed by atoms with Crippen LogP contribution in [0.5, 0.6) is 5.75 Å². The number of benzene rings is 2. The van der Waals surface area contributed by atoms with Crippen LogP contribution in [0, 0.1) is 12.7 Å². The van der Waals surface area contributed by atoms with E-state index in [1.54, 1.807) is 19.1 Å². The summed E-state index contributed by atoms with van der Waals surface area (Å²) in [5, 5.41) is 0. The van der Waals surface area contributed by atoms with Gasteiger partial charge in [-0.3, -0.25) is 0 Å². The zero-order valence-corrected chi connectivity index (χ0v) is 13.8. The van der Waals surface area contributed by atoms with Crippen LogP contribution in [0.25, 0.3) is 0 Å². The summed E-state index contributed by atoms with van der Waals surface area (Å²) in [4.78, 5) is 0.358. The fourth-order valence-electron chi connectivity index (χ4n) is 2.02. The summed E-state index contributed by atoms with van der Waals surface area (Å²) < 4.78 is 56.3. The molecule has 0 fully saturated rings. The Balaban J connectivity index is 1.99. The Morgan fingerprint density at radius 2 is 1.79 bits per heavy atom. The number of anilines is 1. The smallest absolute Gasteiger partial charge is 0.398 e. The van der Waals surface area contributed by atoms with Crippen LogP contribution in [0.1, 0.15) is 11.1 Å². The highest BCUT2D eigenvalue weighted by Gasteiger charge is 2.27. The number of alkyl halides is 3. The van der Waals surface area contributed by atoms with E-state index in [4.69, 9.17) is 10.5 Å². The average Bonchev–Trinajstić information content (AvgIpc) is 2.49. The lowest BCUT2D eigenvalue weighted by Gasteiger charge is -2.12. The molecule has 2 aromatic carbocycles. The van der Waals surface area contributed by atoms with Gasteiger partial charge < -0.3 is 10.5 Å². The van der Waals surface area contributed by atoms with Crippen molar-refractivity contribution in [2.24, 2.45) is 0 Å². The van der Waals surface area contributed by atoms with Crippen molar-refractivity contribution in [1.82, 2.24) is 0 Å². The van der Waals surface area contributed by atoms with Gasteiger partial charge >= 0.3 is 6.18 Å². The van der Waals surface area contributed by atoms with Crippen LogP contribution in [0.4, 0.5) is 23.2 Å². The predicted octanol–water partition coefficient (Wildman–Crippen LogP) is 4.99. The molecule has 0 unspecified atom stereocenters. The van der Waals surface area contributed by atoms with Crippen molar-refractivity contribution in [3.8, 4) is 5.75 Å². The monoisotopic (exact) mass is 359 g/mol. The molecule has 0 spiro atoms. The highest BCUT2D eigenvalue weighted by molar-refractivity contribution is 7.99. The zero-order chi connectivity index (χ0) is 17.7. The van der Waals surface area contributed by atoms with E-state index in [0.717, 1.165) is 5.56 Å². The Bertz CT molecular complexity index is 686. The van der Waals surface area contributed by atoms with Crippen LogP contribution in [-0.2, 0) is 6.42 Å². The van der Waals surface area contributed by atoms with E-state index in [1.165, 1.54) is 12.1 Å². The molecule has 0 aliphatic heterocycles. The van der Waals surface area contributed by atoms with Gasteiger partial charge in [0.05, 0.1) is 12.4 Å². The lowest BCUT2D eigenvalue weighted by atomic mass is 10.1. The van der Waals surface area contributed by atoms with Crippen LogP contribution in [-0.4, -0.2) is 18.5 Å². The maximum atomic E-state index is 13.9. The molecule has 0 bridgehead atoms. The summed E-state index contributed by atoms with van der Waals surface area (Å²) in [5.74, 6) is -1.65. The molecule has 2 N–H and O–H groups in total. The molecule has 0 amide bonds. The van der Waals surface area contributed by atoms with Crippen molar-refractivity contribution in [3.63, 3.8) is 0 Å². The first-order chi connectivity index (χ1) is 11.2. The van der Waals surface area contributed by atoms with E-state index in [1.807, 2.05) is 12.1 Å². The molecule has 2 rings (SSSR count). The molecule has 130 valence electrons. The minimum Gasteiger partial charge on any atom is -0.490 e. The summed E-state index contributed by atoms with van der Waals surface area (Å²) in [6.07, 6.45) is -3.74. The SMILES string of the molecule is Cc1cc(F)c(OCCc2ccc(N)cc2)cc1SCC(F)(F)F. The fraction of sp³-hybridized carbons (Fsp3) is 0.294. The largest absolute Gasteiger partial charge is 0.490 e. The van der Waals surface area contributed by atoms with E-state index in [-0.39, 0.29) is 12.4 Å². The summed E-state index contributed by atoms with van der Waals surface area (Å²) in [5.41, 5.74) is 7.67. The minimum atomic E-state index is -4.28. The molecule has 0 aromatic heterocycles. The second-order valence-electron chi connectivity index (χ2n) is 5.29. The highest BCUT2D eigenvalue weighted by Crippen LogP contribution is 2.33. The maximum absolute atomic E-state index is 13.9. The molecule has 24 heavy (non-hydrogen) atoms. The Labute approximate surface area is 142 Å². The van der Waals surface area contributed by atoms with Crippen molar-refractivity contribution >= 4 is 17.4 Å². The van der Waals surface area contributed by atoms with Crippen molar-refractivity contribution in [1.29, 1.82) is 0 Å². The third-order valence-corrected chi connectivity index (χ3v) is 4.47. The van der Waals surface area contributed by atoms with E-state index < -0.39 is 17.7 Å². The van der Waals surface area contributed by atoms with Gasteiger partial charge in [-0.1, -0.05) is 12.1 Å². The molecule has 2 aromatic rings. The third-order valence-electron chi connectivity index (χ3n) is 3.25. The average molecular weight is 359 g/mol. The van der Waals surface area contributed by atoms with Crippen molar-refractivity contribution in [2.45, 2.75) is 24.4 Å². The van der Waals surface area contributed by atoms with Gasteiger partial charge in [0, 0.05) is 17.0 Å². The molecule has 0 aliphatic rings. The number of ether oxygens (including phenoxy) is 1. The Morgan fingerprint density at radius 3 is 2.42 bits per heavy atom. The maximum Gasteiger partial charge on any atom is 0.398 e. The second-order valence-corrected chi connectivity index (χ2v) is 6.31. The van der Waals surface area contributed by atoms with Crippen molar-refractivity contribution < 1.29 is 22.3 Å². The predicted molar refractivity (Wildman–Crippen MR) is 88.0 cm³/mol. The molecule has 0 saturated heterocycles. The summed E-state index contributed by atoms with van der Waals surface area (Å²) >= 11 is 0.623. The van der Waals surface area contributed by atoms with Crippen LogP contribution in [0.3, 0.4) is 0 Å². The van der Waals surface area contributed by atoms with Crippen LogP contribution >= 0.6 is 11.8 Å². The van der Waals surface area contributed by atoms with Gasteiger partial charge in [0.25, 0.3) is 0 Å². The number of rotatable bonds is 6. The lowest BCUT2D eigenvalue weighted by Crippen LogP contribution is -2.11. The standard InChI is InChI=1S/C17H17F4NOS/c1-11-8-14(18)15(9-16(11)24-10-17(19,20)21)23-7-6-12-2-4-13(22)5-3-12/h2-5,8-9H,6-7,10,22H2,1H3. The molecule has 0 radical (unpaired) electrons. The zero-order valence-electron chi connectivity index (χ0n) is 13.0. The fourth-order valence-corrected chi connectivity index (χ4v) is 2.82. The minimum absolute atomic E-state index is 0.0410. The summed E-state index contributed by atoms with van der Waals surface area (Å²) in [6, 6.07) is 9.71. The van der Waals surface area contributed by atoms with Crippen molar-refractivity contribution in [2.75, 3.05) is 18.1 Å². The lowest BCUT2D eigenvalue weighted by molar-refractivity contribution is -0.105. The molecule has 7 heteroatoms. The van der Waals surface area contributed by atoms with Crippen LogP contribution in [0.2, 0.25) is 0 Å². The second kappa shape index (κ2) is 7.79. The highest BCUT2D eigenvalue weighted by atomic mass is 32.2. The normalized spacial score (nSPS) is 11.5. The van der Waals surface area contributed by atoms with E-state index in [2.05, 4.69) is 0 Å². The quantitative estimate of drug-likeness (QED) is 0.448. The van der Waals surface area contributed by atoms with Gasteiger partial charge in [0.15, 0.2) is 11.6 Å². The topological polar surface area (TPSA) is 35.2 Å². The first-order valence-electron chi connectivity index (χ1n) is 7.21. The van der Waals surface area contributed by atoms with Gasteiger partial charge in [0.1, 0.15) is 0 Å². The number of aryl methyl sites for hydroxylation is 1. The van der Waals surface area contributed by atoms with E-state index in [0.29, 0.717) is 34.3 Å². The molecule has 0 atom stereocenters. The summed E-state index contributed by atoms with van der Waals surface area (Å²) in [6.45, 7) is 1.78. The molecular formula is C17H17F4NOS. The van der Waals surface area contributed by atoms with E-state index in [9.17, 15) is 17.6 Å². The van der Waals surface area contributed by atoms with Gasteiger partial charge in [-0.2, -0.15) is 13.2 Å². The number of nitrogen functional groups attached to an aromatic ring is 1. The number of thioether (sulfide) groups is 1. The van der Waals surface area contributed by atoms with Gasteiger partial charge in [-0.25, -0.2) is 4.39 Å². The molecule has 0 heterocycles. The Hall–Kier alpha value is -1.89. The number of hydrogen-bond acceptors (Lipinski definition) is 3. The Morgan fingerprint density at radius 1 is 1.12 bits per heavy atom. The van der Waals surface area contributed by atoms with Gasteiger partial charge in [0.2, 0.25) is 0 Å².